The molecule has 2 aliphatic rings. The summed E-state index contributed by atoms with van der Waals surface area (Å²) in [6.07, 6.45) is 0.895. The molecular weight excluding hydrogens is 515 g/mol. The van der Waals surface area contributed by atoms with Crippen molar-refractivity contribution >= 4 is 47.0 Å². The lowest BCUT2D eigenvalue weighted by molar-refractivity contribution is 0.0177. The Morgan fingerprint density at radius 2 is 1.93 bits per heavy atom. The first-order valence-electron chi connectivity index (χ1n) is 10.1. The first-order chi connectivity index (χ1) is 14.3. The molecule has 1 fully saturated rings. The number of nitrogens with zero attached hydrogens (tertiary/aromatic N) is 2. The molecule has 2 N–H and O–H groups in total. The second kappa shape index (κ2) is 11.7. The quantitative estimate of drug-likeness (QED) is 0.341. The van der Waals surface area contributed by atoms with Crippen LogP contribution in [-0.4, -0.2) is 64.0 Å². The molecule has 30 heavy (non-hydrogen) atoms. The number of ether oxygens (including phenoxy) is 3. The highest BCUT2D eigenvalue weighted by Crippen LogP contribution is 2.32. The number of thiophene rings is 1. The van der Waals surface area contributed by atoms with Gasteiger partial charge in [-0.2, -0.15) is 0 Å². The lowest BCUT2D eigenvalue weighted by Crippen LogP contribution is -2.44. The van der Waals surface area contributed by atoms with Gasteiger partial charge in [-0.1, -0.05) is 6.07 Å². The van der Waals surface area contributed by atoms with Gasteiger partial charge in [-0.3, -0.25) is 9.89 Å². The number of nitrogens with one attached hydrogen (secondary N) is 2. The third-order valence-corrected chi connectivity index (χ3v) is 6.03. The molecule has 0 bridgehead atoms. The number of aliphatic imine (C=N–C) groups is 1. The van der Waals surface area contributed by atoms with E-state index in [1.165, 1.54) is 4.88 Å². The van der Waals surface area contributed by atoms with Crippen LogP contribution in [0, 0.1) is 0 Å². The third-order valence-electron chi connectivity index (χ3n) is 5.05. The largest absolute Gasteiger partial charge is 0.490 e. The summed E-state index contributed by atoms with van der Waals surface area (Å²) >= 11 is 1.79. The summed E-state index contributed by atoms with van der Waals surface area (Å²) in [5.74, 6) is 2.29. The Bertz CT molecular complexity index is 813. The number of rotatable bonds is 5. The van der Waals surface area contributed by atoms with Gasteiger partial charge >= 0.3 is 0 Å². The van der Waals surface area contributed by atoms with Crippen molar-refractivity contribution in [2.24, 2.45) is 4.99 Å². The smallest absolute Gasteiger partial charge is 0.195 e. The second-order valence-electron chi connectivity index (χ2n) is 6.97. The maximum Gasteiger partial charge on any atom is 0.195 e. The number of fused-ring (bicyclic) bond motifs is 1. The van der Waals surface area contributed by atoms with Crippen molar-refractivity contribution < 1.29 is 14.2 Å². The highest BCUT2D eigenvalue weighted by Gasteiger charge is 2.23. The van der Waals surface area contributed by atoms with Gasteiger partial charge in [0.15, 0.2) is 17.5 Å². The molecule has 1 unspecified atom stereocenters. The van der Waals surface area contributed by atoms with Crippen molar-refractivity contribution in [1.29, 1.82) is 0 Å². The van der Waals surface area contributed by atoms with Crippen LogP contribution < -0.4 is 20.1 Å². The molecule has 9 heteroatoms. The van der Waals surface area contributed by atoms with Gasteiger partial charge < -0.3 is 24.8 Å². The molecule has 2 aliphatic heterocycles. The van der Waals surface area contributed by atoms with E-state index in [9.17, 15) is 0 Å². The summed E-state index contributed by atoms with van der Waals surface area (Å²) in [4.78, 5) is 8.22. The zero-order valence-corrected chi connectivity index (χ0v) is 20.3. The van der Waals surface area contributed by atoms with E-state index in [4.69, 9.17) is 14.2 Å². The standard InChI is InChI=1S/C21H28N4O3S.HI/c1-22-21(24-16-5-6-18-19(14-16)28-10-3-9-27-18)23-15-17(20-4-2-13-29-20)25-7-11-26-12-8-25;/h2,4-6,13-14,17H,3,7-12,15H2,1H3,(H2,22,23,24);1H. The molecule has 0 amide bonds. The number of hydrogen-bond donors (Lipinski definition) is 2. The molecule has 1 aromatic carbocycles. The number of halogens is 1. The molecule has 2 aromatic rings. The molecule has 1 aromatic heterocycles. The van der Waals surface area contributed by atoms with Crippen LogP contribution in [-0.2, 0) is 4.74 Å². The van der Waals surface area contributed by atoms with E-state index in [1.54, 1.807) is 18.4 Å². The summed E-state index contributed by atoms with van der Waals surface area (Å²) in [7, 11) is 1.78. The van der Waals surface area contributed by atoms with Crippen molar-refractivity contribution in [1.82, 2.24) is 10.2 Å². The lowest BCUT2D eigenvalue weighted by Gasteiger charge is -2.34. The molecule has 0 spiro atoms. The van der Waals surface area contributed by atoms with Gasteiger partial charge in [-0.05, 0) is 23.6 Å². The summed E-state index contributed by atoms with van der Waals surface area (Å²) in [5, 5.41) is 8.99. The molecule has 164 valence electrons. The van der Waals surface area contributed by atoms with Gasteiger partial charge in [0, 0.05) is 49.7 Å². The number of hydrogen-bond acceptors (Lipinski definition) is 6. The highest BCUT2D eigenvalue weighted by atomic mass is 127. The Morgan fingerprint density at radius 3 is 2.67 bits per heavy atom. The fraction of sp³-hybridized carbons (Fsp3) is 0.476. The summed E-state index contributed by atoms with van der Waals surface area (Å²) in [6, 6.07) is 10.5. The number of benzene rings is 1. The van der Waals surface area contributed by atoms with Crippen LogP contribution in [0.3, 0.4) is 0 Å². The molecule has 7 nitrogen and oxygen atoms in total. The Hall–Kier alpha value is -1.56. The van der Waals surface area contributed by atoms with E-state index >= 15 is 0 Å². The summed E-state index contributed by atoms with van der Waals surface area (Å²) in [5.41, 5.74) is 0.918. The Labute approximate surface area is 198 Å². The van der Waals surface area contributed by atoms with Gasteiger partial charge in [-0.25, -0.2) is 0 Å². The van der Waals surface area contributed by atoms with Crippen LogP contribution in [0.1, 0.15) is 17.3 Å². The number of anilines is 1. The van der Waals surface area contributed by atoms with Crippen LogP contribution in [0.15, 0.2) is 40.7 Å². The van der Waals surface area contributed by atoms with Gasteiger partial charge in [0.2, 0.25) is 0 Å². The van der Waals surface area contributed by atoms with E-state index in [0.29, 0.717) is 19.3 Å². The maximum atomic E-state index is 5.79. The first kappa shape index (κ1) is 23.1. The van der Waals surface area contributed by atoms with Crippen molar-refractivity contribution in [2.75, 3.05) is 58.4 Å². The van der Waals surface area contributed by atoms with Crippen LogP contribution >= 0.6 is 35.3 Å². The van der Waals surface area contributed by atoms with Gasteiger partial charge in [0.1, 0.15) is 0 Å². The summed E-state index contributed by atoms with van der Waals surface area (Å²) < 4.78 is 17.0. The minimum absolute atomic E-state index is 0. The minimum Gasteiger partial charge on any atom is -0.490 e. The lowest BCUT2D eigenvalue weighted by atomic mass is 10.2. The van der Waals surface area contributed by atoms with Crippen molar-refractivity contribution in [3.63, 3.8) is 0 Å². The van der Waals surface area contributed by atoms with Crippen molar-refractivity contribution in [3.05, 3.63) is 40.6 Å². The van der Waals surface area contributed by atoms with Crippen molar-refractivity contribution in [3.8, 4) is 11.5 Å². The molecule has 0 saturated carbocycles. The second-order valence-corrected chi connectivity index (χ2v) is 7.95. The molecule has 4 rings (SSSR count). The van der Waals surface area contributed by atoms with E-state index in [1.807, 2.05) is 18.2 Å². The fourth-order valence-electron chi connectivity index (χ4n) is 3.53. The zero-order valence-electron chi connectivity index (χ0n) is 17.1. The third kappa shape index (κ3) is 5.99. The monoisotopic (exact) mass is 544 g/mol. The van der Waals surface area contributed by atoms with Crippen LogP contribution in [0.4, 0.5) is 5.69 Å². The normalized spacial score (nSPS) is 18.1. The molecule has 0 radical (unpaired) electrons. The maximum absolute atomic E-state index is 5.79. The predicted octanol–water partition coefficient (Wildman–Crippen LogP) is 3.59. The number of guanidine groups is 1. The average molecular weight is 544 g/mol. The van der Waals surface area contributed by atoms with Gasteiger partial charge in [0.05, 0.1) is 32.5 Å². The highest BCUT2D eigenvalue weighted by molar-refractivity contribution is 14.0. The van der Waals surface area contributed by atoms with E-state index in [-0.39, 0.29) is 24.0 Å². The van der Waals surface area contributed by atoms with E-state index < -0.39 is 0 Å². The number of morpholine rings is 1. The Balaban J connectivity index is 0.00000256. The van der Waals surface area contributed by atoms with E-state index in [2.05, 4.69) is 38.0 Å². The molecule has 1 saturated heterocycles. The topological polar surface area (TPSA) is 67.4 Å². The van der Waals surface area contributed by atoms with Crippen LogP contribution in [0.25, 0.3) is 0 Å². The Kier molecular flexibility index (Phi) is 9.04. The molecular formula is C21H29IN4O3S. The molecule has 0 aliphatic carbocycles. The fourth-order valence-corrected chi connectivity index (χ4v) is 4.39. The SMILES string of the molecule is CN=C(NCC(c1cccs1)N1CCOCC1)Nc1ccc2c(c1)OCCCO2.I. The zero-order chi connectivity index (χ0) is 19.9. The molecule has 3 heterocycles. The molecule has 1 atom stereocenters. The van der Waals surface area contributed by atoms with Crippen molar-refractivity contribution in [2.45, 2.75) is 12.5 Å². The van der Waals surface area contributed by atoms with Crippen LogP contribution in [0.2, 0.25) is 0 Å². The van der Waals surface area contributed by atoms with Crippen LogP contribution in [0.5, 0.6) is 11.5 Å². The van der Waals surface area contributed by atoms with E-state index in [0.717, 1.165) is 62.4 Å². The average Bonchev–Trinajstić information content (AvgIpc) is 3.19. The first-order valence-corrected chi connectivity index (χ1v) is 10.9. The Morgan fingerprint density at radius 1 is 1.13 bits per heavy atom. The predicted molar refractivity (Wildman–Crippen MR) is 132 cm³/mol. The van der Waals surface area contributed by atoms with Gasteiger partial charge in [0.25, 0.3) is 0 Å². The van der Waals surface area contributed by atoms with Gasteiger partial charge in [-0.15, -0.1) is 35.3 Å². The summed E-state index contributed by atoms with van der Waals surface area (Å²) in [6.45, 7) is 5.58. The minimum atomic E-state index is 0.